The smallest absolute Gasteiger partial charge is 0.410 e. The van der Waals surface area contributed by atoms with Crippen molar-refractivity contribution in [3.05, 3.63) is 0 Å². The molecule has 1 aliphatic heterocycles. The highest BCUT2D eigenvalue weighted by molar-refractivity contribution is 5.86. The third kappa shape index (κ3) is 4.89. The highest BCUT2D eigenvalue weighted by Gasteiger charge is 2.36. The minimum Gasteiger partial charge on any atom is -0.444 e. The third-order valence-corrected chi connectivity index (χ3v) is 4.47. The molecule has 5 heteroatoms. The molecule has 0 spiro atoms. The summed E-state index contributed by atoms with van der Waals surface area (Å²) in [7, 11) is 0. The Morgan fingerprint density at radius 3 is 2.41 bits per heavy atom. The van der Waals surface area contributed by atoms with Crippen molar-refractivity contribution >= 4 is 12.0 Å². The van der Waals surface area contributed by atoms with Crippen molar-refractivity contribution in [3.63, 3.8) is 0 Å². The van der Waals surface area contributed by atoms with Gasteiger partial charge in [-0.25, -0.2) is 4.79 Å². The average Bonchev–Trinajstić information content (AvgIpc) is 2.93. The number of nitrogens with one attached hydrogen (secondary N) is 1. The third-order valence-electron chi connectivity index (χ3n) is 4.47. The maximum atomic E-state index is 12.4. The van der Waals surface area contributed by atoms with Gasteiger partial charge in [-0.2, -0.15) is 0 Å². The zero-order chi connectivity index (χ0) is 16.2. The van der Waals surface area contributed by atoms with E-state index in [1.165, 1.54) is 32.1 Å². The van der Waals surface area contributed by atoms with E-state index in [4.69, 9.17) is 4.74 Å². The minimum atomic E-state index is -0.525. The van der Waals surface area contributed by atoms with Crippen molar-refractivity contribution in [1.29, 1.82) is 0 Å². The number of likely N-dealkylation sites (tertiary alicyclic amines) is 1. The van der Waals surface area contributed by atoms with E-state index in [9.17, 15) is 9.59 Å². The molecule has 1 saturated heterocycles. The molecule has 1 atom stereocenters. The molecule has 1 N–H and O–H groups in total. The van der Waals surface area contributed by atoms with E-state index in [-0.39, 0.29) is 18.0 Å². The van der Waals surface area contributed by atoms with Crippen LogP contribution in [0.5, 0.6) is 0 Å². The second-order valence-corrected chi connectivity index (χ2v) is 7.58. The van der Waals surface area contributed by atoms with E-state index in [1.807, 2.05) is 20.8 Å². The normalized spacial score (nSPS) is 23.4. The van der Waals surface area contributed by atoms with Crippen molar-refractivity contribution in [1.82, 2.24) is 10.2 Å². The summed E-state index contributed by atoms with van der Waals surface area (Å²) in [6.45, 7) is 6.89. The van der Waals surface area contributed by atoms with Crippen molar-refractivity contribution in [3.8, 4) is 0 Å². The second-order valence-electron chi connectivity index (χ2n) is 7.58. The molecule has 2 rings (SSSR count). The lowest BCUT2D eigenvalue weighted by Gasteiger charge is -2.28. The van der Waals surface area contributed by atoms with Gasteiger partial charge in [-0.3, -0.25) is 9.69 Å². The molecule has 2 amide bonds. The highest BCUT2D eigenvalue weighted by atomic mass is 16.6. The first-order valence-electron chi connectivity index (χ1n) is 8.64. The zero-order valence-corrected chi connectivity index (χ0v) is 14.2. The van der Waals surface area contributed by atoms with E-state index in [0.717, 1.165) is 19.4 Å². The summed E-state index contributed by atoms with van der Waals surface area (Å²) in [6.07, 6.45) is 7.50. The van der Waals surface area contributed by atoms with Gasteiger partial charge in [0, 0.05) is 13.1 Å². The van der Waals surface area contributed by atoms with E-state index in [0.29, 0.717) is 12.5 Å². The van der Waals surface area contributed by atoms with Crippen LogP contribution in [0.3, 0.4) is 0 Å². The second kappa shape index (κ2) is 7.34. The van der Waals surface area contributed by atoms with E-state index < -0.39 is 5.60 Å². The predicted molar refractivity (Wildman–Crippen MR) is 85.5 cm³/mol. The number of ether oxygens (including phenoxy) is 1. The van der Waals surface area contributed by atoms with Gasteiger partial charge in [0.15, 0.2) is 0 Å². The Labute approximate surface area is 133 Å². The fourth-order valence-electron chi connectivity index (χ4n) is 3.33. The largest absolute Gasteiger partial charge is 0.444 e. The van der Waals surface area contributed by atoms with Gasteiger partial charge in [-0.15, -0.1) is 0 Å². The summed E-state index contributed by atoms with van der Waals surface area (Å²) >= 11 is 0. The van der Waals surface area contributed by atoms with Crippen LogP contribution < -0.4 is 5.32 Å². The predicted octanol–water partition coefficient (Wildman–Crippen LogP) is 3.08. The van der Waals surface area contributed by atoms with Crippen LogP contribution in [0.2, 0.25) is 0 Å². The molecule has 1 heterocycles. The molecule has 1 aliphatic carbocycles. The fourth-order valence-corrected chi connectivity index (χ4v) is 3.33. The Bertz CT molecular complexity index is 397. The van der Waals surface area contributed by atoms with Crippen LogP contribution in [-0.2, 0) is 9.53 Å². The first kappa shape index (κ1) is 17.1. The number of hydrogen-bond acceptors (Lipinski definition) is 3. The molecule has 5 nitrogen and oxygen atoms in total. The molecular weight excluding hydrogens is 280 g/mol. The Balaban J connectivity index is 1.83. The Kier molecular flexibility index (Phi) is 5.70. The van der Waals surface area contributed by atoms with Gasteiger partial charge in [0.1, 0.15) is 11.6 Å². The molecule has 2 fully saturated rings. The molecule has 0 radical (unpaired) electrons. The molecule has 2 aliphatic rings. The lowest BCUT2D eigenvalue weighted by molar-refractivity contribution is -0.125. The van der Waals surface area contributed by atoms with Crippen molar-refractivity contribution in [2.24, 2.45) is 5.92 Å². The topological polar surface area (TPSA) is 58.6 Å². The van der Waals surface area contributed by atoms with Gasteiger partial charge in [-0.1, -0.05) is 19.3 Å². The SMILES string of the molecule is CC(C)(C)OC(=O)N1CCCC1C(=O)NCC1CCCCC1. The Morgan fingerprint density at radius 1 is 1.09 bits per heavy atom. The Morgan fingerprint density at radius 2 is 1.77 bits per heavy atom. The number of carbonyl (C=O) groups excluding carboxylic acids is 2. The molecule has 22 heavy (non-hydrogen) atoms. The van der Waals surface area contributed by atoms with Gasteiger partial charge in [-0.05, 0) is 52.4 Å². The fraction of sp³-hybridized carbons (Fsp3) is 0.882. The van der Waals surface area contributed by atoms with Gasteiger partial charge in [0.25, 0.3) is 0 Å². The van der Waals surface area contributed by atoms with Crippen LogP contribution in [0.4, 0.5) is 4.79 Å². The van der Waals surface area contributed by atoms with E-state index in [2.05, 4.69) is 5.32 Å². The molecule has 0 aromatic carbocycles. The lowest BCUT2D eigenvalue weighted by atomic mass is 9.89. The summed E-state index contributed by atoms with van der Waals surface area (Å²) < 4.78 is 5.40. The number of carbonyl (C=O) groups is 2. The van der Waals surface area contributed by atoms with Gasteiger partial charge in [0.05, 0.1) is 0 Å². The molecule has 126 valence electrons. The van der Waals surface area contributed by atoms with Crippen LogP contribution in [0.15, 0.2) is 0 Å². The molecule has 0 aromatic rings. The van der Waals surface area contributed by atoms with Crippen LogP contribution in [0, 0.1) is 5.92 Å². The summed E-state index contributed by atoms with van der Waals surface area (Å²) in [5, 5.41) is 3.05. The standard InChI is InChI=1S/C17H30N2O3/c1-17(2,3)22-16(21)19-11-7-10-14(19)15(20)18-12-13-8-5-4-6-9-13/h13-14H,4-12H2,1-3H3,(H,18,20). The molecule has 0 bridgehead atoms. The van der Waals surface area contributed by atoms with Crippen molar-refractivity contribution in [2.45, 2.75) is 77.4 Å². The minimum absolute atomic E-state index is 0.0195. The first-order valence-corrected chi connectivity index (χ1v) is 8.64. The maximum absolute atomic E-state index is 12.4. The number of amides is 2. The van der Waals surface area contributed by atoms with Gasteiger partial charge >= 0.3 is 6.09 Å². The summed E-state index contributed by atoms with van der Waals surface area (Å²) in [6, 6.07) is -0.363. The monoisotopic (exact) mass is 310 g/mol. The van der Waals surface area contributed by atoms with Crippen LogP contribution in [0.25, 0.3) is 0 Å². The molecule has 1 saturated carbocycles. The van der Waals surface area contributed by atoms with Gasteiger partial charge in [0.2, 0.25) is 5.91 Å². The van der Waals surface area contributed by atoms with Crippen LogP contribution >= 0.6 is 0 Å². The highest BCUT2D eigenvalue weighted by Crippen LogP contribution is 2.24. The maximum Gasteiger partial charge on any atom is 0.410 e. The Hall–Kier alpha value is -1.26. The van der Waals surface area contributed by atoms with Gasteiger partial charge < -0.3 is 10.1 Å². The van der Waals surface area contributed by atoms with E-state index in [1.54, 1.807) is 4.90 Å². The first-order chi connectivity index (χ1) is 10.4. The number of hydrogen-bond donors (Lipinski definition) is 1. The van der Waals surface area contributed by atoms with Crippen LogP contribution in [0.1, 0.15) is 65.7 Å². The number of nitrogens with zero attached hydrogens (tertiary/aromatic N) is 1. The summed E-state index contributed by atoms with van der Waals surface area (Å²) in [4.78, 5) is 26.2. The zero-order valence-electron chi connectivity index (χ0n) is 14.2. The summed E-state index contributed by atoms with van der Waals surface area (Å²) in [5.74, 6) is 0.586. The number of rotatable bonds is 3. The lowest BCUT2D eigenvalue weighted by Crippen LogP contribution is -2.48. The summed E-state index contributed by atoms with van der Waals surface area (Å²) in [5.41, 5.74) is -0.525. The van der Waals surface area contributed by atoms with Crippen molar-refractivity contribution < 1.29 is 14.3 Å². The van der Waals surface area contributed by atoms with Crippen LogP contribution in [-0.4, -0.2) is 41.6 Å². The van der Waals surface area contributed by atoms with E-state index >= 15 is 0 Å². The molecule has 1 unspecified atom stereocenters. The average molecular weight is 310 g/mol. The van der Waals surface area contributed by atoms with Crippen molar-refractivity contribution in [2.75, 3.05) is 13.1 Å². The molecular formula is C17H30N2O3. The quantitative estimate of drug-likeness (QED) is 0.871. The molecule has 0 aromatic heterocycles.